The summed E-state index contributed by atoms with van der Waals surface area (Å²) in [5.74, 6) is -17.3. The van der Waals surface area contributed by atoms with Crippen LogP contribution in [-0.2, 0) is 19.1 Å². The Kier molecular flexibility index (Phi) is 4.74. The maximum atomic E-state index is 13.3. The van der Waals surface area contributed by atoms with Crippen LogP contribution in [0.4, 0.5) is 39.5 Å². The molecule has 0 N–H and O–H groups in total. The molecule has 4 nitrogen and oxygen atoms in total. The molecule has 1 aliphatic rings. The number of carbonyl (C=O) groups excluding carboxylic acids is 1. The first-order chi connectivity index (χ1) is 10.4. The SMILES string of the molecule is CC1=C(OS(=O)(=O)C(F)(F)C(F)(F)C(F)(F)C(F)(F)F)C(=O)CC1. The first kappa shape index (κ1) is 20.6. The van der Waals surface area contributed by atoms with Crippen molar-refractivity contribution < 1.29 is 56.9 Å². The topological polar surface area (TPSA) is 60.4 Å². The molecule has 0 atom stereocenters. The highest BCUT2D eigenvalue weighted by molar-refractivity contribution is 7.88. The second kappa shape index (κ2) is 5.52. The van der Waals surface area contributed by atoms with Gasteiger partial charge in [-0.05, 0) is 18.9 Å². The molecule has 0 amide bonds. The molecule has 14 heteroatoms. The smallest absolute Gasteiger partial charge is 0.374 e. The van der Waals surface area contributed by atoms with E-state index in [4.69, 9.17) is 0 Å². The van der Waals surface area contributed by atoms with Crippen LogP contribution in [0.15, 0.2) is 11.3 Å². The highest BCUT2D eigenvalue weighted by Crippen LogP contribution is 2.55. The summed E-state index contributed by atoms with van der Waals surface area (Å²) in [6.45, 7) is 0.996. The molecule has 0 aromatic heterocycles. The summed E-state index contributed by atoms with van der Waals surface area (Å²) < 4.78 is 140. The average Bonchev–Trinajstić information content (AvgIpc) is 2.68. The van der Waals surface area contributed by atoms with Crippen LogP contribution in [0.25, 0.3) is 0 Å². The van der Waals surface area contributed by atoms with Gasteiger partial charge in [-0.2, -0.15) is 47.9 Å². The van der Waals surface area contributed by atoms with E-state index in [0.29, 0.717) is 0 Å². The van der Waals surface area contributed by atoms with Crippen LogP contribution in [0, 0.1) is 0 Å². The minimum Gasteiger partial charge on any atom is -0.374 e. The Morgan fingerprint density at radius 3 is 1.67 bits per heavy atom. The van der Waals surface area contributed by atoms with Gasteiger partial charge in [0.2, 0.25) is 0 Å². The van der Waals surface area contributed by atoms with E-state index in [9.17, 15) is 52.7 Å². The van der Waals surface area contributed by atoms with Crippen molar-refractivity contribution in [3.8, 4) is 0 Å². The molecule has 0 bridgehead atoms. The summed E-state index contributed by atoms with van der Waals surface area (Å²) in [4.78, 5) is 11.2. The van der Waals surface area contributed by atoms with Crippen molar-refractivity contribution in [2.75, 3.05) is 0 Å². The summed E-state index contributed by atoms with van der Waals surface area (Å²) >= 11 is 0. The molecular weight excluding hydrogens is 387 g/mol. The summed E-state index contributed by atoms with van der Waals surface area (Å²) in [5, 5.41) is -6.98. The van der Waals surface area contributed by atoms with E-state index in [1.54, 1.807) is 0 Å². The number of hydrogen-bond donors (Lipinski definition) is 0. The lowest BCUT2D eigenvalue weighted by molar-refractivity contribution is -0.382. The van der Waals surface area contributed by atoms with Gasteiger partial charge >= 0.3 is 33.4 Å². The lowest BCUT2D eigenvalue weighted by Crippen LogP contribution is -2.63. The molecule has 0 spiro atoms. The molecule has 0 unspecified atom stereocenters. The average molecular weight is 394 g/mol. The van der Waals surface area contributed by atoms with Gasteiger partial charge in [-0.3, -0.25) is 4.79 Å². The van der Waals surface area contributed by atoms with Crippen molar-refractivity contribution in [2.24, 2.45) is 0 Å². The molecule has 0 aromatic rings. The largest absolute Gasteiger partial charge is 0.460 e. The fourth-order valence-corrected chi connectivity index (χ4v) is 2.56. The first-order valence-electron chi connectivity index (χ1n) is 5.77. The lowest BCUT2D eigenvalue weighted by Gasteiger charge is -2.32. The predicted octanol–water partition coefficient (Wildman–Crippen LogP) is 3.40. The van der Waals surface area contributed by atoms with Crippen molar-refractivity contribution in [3.63, 3.8) is 0 Å². The minimum absolute atomic E-state index is 0.190. The van der Waals surface area contributed by atoms with E-state index in [-0.39, 0.29) is 12.0 Å². The van der Waals surface area contributed by atoms with Crippen LogP contribution < -0.4 is 0 Å². The third-order valence-electron chi connectivity index (χ3n) is 2.99. The summed E-state index contributed by atoms with van der Waals surface area (Å²) in [6.07, 6.45) is -7.80. The standard InChI is InChI=1S/C10H7F9O4S/c1-4-2-3-5(20)6(4)23-24(21,22)10(18,19)8(13,14)7(11,12)9(15,16)17/h2-3H2,1H3. The molecule has 0 aromatic carbocycles. The number of Topliss-reactive ketones (excluding diaryl/α,β-unsaturated/α-hetero) is 1. The monoisotopic (exact) mass is 394 g/mol. The van der Waals surface area contributed by atoms with Gasteiger partial charge < -0.3 is 4.18 Å². The van der Waals surface area contributed by atoms with Crippen LogP contribution in [0.3, 0.4) is 0 Å². The number of hydrogen-bond acceptors (Lipinski definition) is 4. The number of rotatable bonds is 5. The quantitative estimate of drug-likeness (QED) is 0.530. The van der Waals surface area contributed by atoms with Gasteiger partial charge in [-0.15, -0.1) is 0 Å². The summed E-state index contributed by atoms with van der Waals surface area (Å²) in [5.41, 5.74) is -0.273. The Labute approximate surface area is 128 Å². The Balaban J connectivity index is 3.36. The molecular formula is C10H7F9O4S. The summed E-state index contributed by atoms with van der Waals surface area (Å²) in [6, 6.07) is 0. The molecule has 24 heavy (non-hydrogen) atoms. The first-order valence-corrected chi connectivity index (χ1v) is 7.18. The number of carbonyl (C=O) groups is 1. The third kappa shape index (κ3) is 2.84. The fourth-order valence-electron chi connectivity index (χ4n) is 1.56. The van der Waals surface area contributed by atoms with E-state index in [1.165, 1.54) is 0 Å². The van der Waals surface area contributed by atoms with Gasteiger partial charge in [0.15, 0.2) is 11.5 Å². The Morgan fingerprint density at radius 1 is 0.875 bits per heavy atom. The van der Waals surface area contributed by atoms with E-state index in [0.717, 1.165) is 6.92 Å². The third-order valence-corrected chi connectivity index (χ3v) is 4.26. The van der Waals surface area contributed by atoms with Gasteiger partial charge in [-0.1, -0.05) is 0 Å². The molecule has 0 saturated heterocycles. The van der Waals surface area contributed by atoms with Gasteiger partial charge in [0, 0.05) is 6.42 Å². The van der Waals surface area contributed by atoms with Crippen LogP contribution in [0.1, 0.15) is 19.8 Å². The normalized spacial score (nSPS) is 18.3. The maximum absolute atomic E-state index is 13.3. The van der Waals surface area contributed by atoms with Crippen LogP contribution in [0.5, 0.6) is 0 Å². The van der Waals surface area contributed by atoms with Crippen molar-refractivity contribution in [1.29, 1.82) is 0 Å². The molecule has 1 rings (SSSR count). The lowest BCUT2D eigenvalue weighted by atomic mass is 10.1. The van der Waals surface area contributed by atoms with E-state index < -0.39 is 51.4 Å². The van der Waals surface area contributed by atoms with Gasteiger partial charge in [0.25, 0.3) is 0 Å². The van der Waals surface area contributed by atoms with Crippen molar-refractivity contribution in [1.82, 2.24) is 0 Å². The molecule has 0 heterocycles. The number of alkyl halides is 9. The fraction of sp³-hybridized carbons (Fsp3) is 0.700. The molecule has 0 aliphatic heterocycles. The zero-order chi connectivity index (χ0) is 19.4. The van der Waals surface area contributed by atoms with Gasteiger partial charge in [0.05, 0.1) is 0 Å². The molecule has 0 saturated carbocycles. The van der Waals surface area contributed by atoms with Gasteiger partial charge in [0.1, 0.15) is 0 Å². The van der Waals surface area contributed by atoms with Crippen LogP contribution in [0.2, 0.25) is 0 Å². The highest BCUT2D eigenvalue weighted by atomic mass is 32.2. The number of allylic oxidation sites excluding steroid dienone is 2. The molecule has 0 fully saturated rings. The Hall–Kier alpha value is -1.47. The van der Waals surface area contributed by atoms with E-state index in [2.05, 4.69) is 4.18 Å². The number of ketones is 1. The molecule has 0 radical (unpaired) electrons. The number of halogens is 9. The maximum Gasteiger partial charge on any atom is 0.460 e. The van der Waals surface area contributed by atoms with Crippen LogP contribution in [-0.4, -0.2) is 37.5 Å². The Bertz CT molecular complexity index is 675. The summed E-state index contributed by atoms with van der Waals surface area (Å²) in [7, 11) is -7.05. The van der Waals surface area contributed by atoms with Crippen molar-refractivity contribution >= 4 is 15.9 Å². The van der Waals surface area contributed by atoms with E-state index in [1.807, 2.05) is 0 Å². The van der Waals surface area contributed by atoms with Gasteiger partial charge in [-0.25, -0.2) is 0 Å². The molecule has 140 valence electrons. The molecule has 1 aliphatic carbocycles. The van der Waals surface area contributed by atoms with Crippen molar-refractivity contribution in [2.45, 2.75) is 43.0 Å². The second-order valence-electron chi connectivity index (χ2n) is 4.73. The van der Waals surface area contributed by atoms with Crippen LogP contribution >= 0.6 is 0 Å². The highest BCUT2D eigenvalue weighted by Gasteiger charge is 2.86. The second-order valence-corrected chi connectivity index (χ2v) is 6.32. The zero-order valence-electron chi connectivity index (χ0n) is 11.4. The minimum atomic E-state index is -7.40. The predicted molar refractivity (Wildman–Crippen MR) is 57.8 cm³/mol. The van der Waals surface area contributed by atoms with Crippen molar-refractivity contribution in [3.05, 3.63) is 11.3 Å². The zero-order valence-corrected chi connectivity index (χ0v) is 12.2. The Morgan fingerprint density at radius 2 is 1.33 bits per heavy atom. The van der Waals surface area contributed by atoms with E-state index >= 15 is 0 Å².